The molecule has 100 valence electrons. The number of sulfone groups is 1. The van der Waals surface area contributed by atoms with Gasteiger partial charge in [-0.3, -0.25) is 9.88 Å². The summed E-state index contributed by atoms with van der Waals surface area (Å²) >= 11 is 0. The first-order valence-electron chi connectivity index (χ1n) is 5.79. The van der Waals surface area contributed by atoms with E-state index in [1.54, 1.807) is 12.4 Å². The highest BCUT2D eigenvalue weighted by Gasteiger charge is 2.19. The van der Waals surface area contributed by atoms with Gasteiger partial charge in [-0.15, -0.1) is 0 Å². The first kappa shape index (κ1) is 13.2. The molecule has 18 heavy (non-hydrogen) atoms. The maximum atomic E-state index is 11.5. The molecule has 1 saturated heterocycles. The van der Waals surface area contributed by atoms with Crippen molar-refractivity contribution in [3.05, 3.63) is 18.1 Å². The van der Waals surface area contributed by atoms with Crippen LogP contribution in [0.25, 0.3) is 0 Å². The van der Waals surface area contributed by atoms with Gasteiger partial charge in [0.2, 0.25) is 0 Å². The molecule has 0 spiro atoms. The monoisotopic (exact) mass is 271 g/mol. The molecule has 1 aliphatic rings. The summed E-state index contributed by atoms with van der Waals surface area (Å²) < 4.78 is 23.0. The second-order valence-corrected chi connectivity index (χ2v) is 6.62. The fourth-order valence-corrected chi connectivity index (χ4v) is 3.20. The third-order valence-corrected chi connectivity index (χ3v) is 4.60. The number of hydrazine groups is 1. The number of nitrogens with one attached hydrogen (secondary N) is 1. The van der Waals surface area contributed by atoms with E-state index in [0.29, 0.717) is 25.3 Å². The number of hydrogen-bond donors (Lipinski definition) is 2. The third kappa shape index (κ3) is 3.62. The molecule has 0 atom stereocenters. The van der Waals surface area contributed by atoms with E-state index < -0.39 is 9.84 Å². The standard InChI is InChI=1S/C10H17N5O2S/c11-14-10-7-12-9(6-13-10)8-15-2-1-4-18(16,17)5-3-15/h6-7H,1-5,8,11H2,(H,13,14). The van der Waals surface area contributed by atoms with E-state index in [0.717, 1.165) is 12.2 Å². The Morgan fingerprint density at radius 1 is 1.28 bits per heavy atom. The van der Waals surface area contributed by atoms with Crippen LogP contribution in [0.4, 0.5) is 5.82 Å². The van der Waals surface area contributed by atoms with Gasteiger partial charge in [-0.2, -0.15) is 0 Å². The van der Waals surface area contributed by atoms with E-state index in [-0.39, 0.29) is 11.5 Å². The summed E-state index contributed by atoms with van der Waals surface area (Å²) in [5.74, 6) is 6.22. The quantitative estimate of drug-likeness (QED) is 0.558. The molecular formula is C10H17N5O2S. The molecule has 0 bridgehead atoms. The summed E-state index contributed by atoms with van der Waals surface area (Å²) in [6, 6.07) is 0. The van der Waals surface area contributed by atoms with Gasteiger partial charge in [0, 0.05) is 13.1 Å². The van der Waals surface area contributed by atoms with Crippen LogP contribution in [-0.4, -0.2) is 47.9 Å². The minimum atomic E-state index is -2.86. The van der Waals surface area contributed by atoms with Crippen LogP contribution in [0.3, 0.4) is 0 Å². The Bertz CT molecular complexity index is 487. The summed E-state index contributed by atoms with van der Waals surface area (Å²) in [7, 11) is -2.86. The number of rotatable bonds is 3. The molecule has 0 saturated carbocycles. The van der Waals surface area contributed by atoms with Gasteiger partial charge in [0.1, 0.15) is 0 Å². The molecule has 0 amide bonds. The van der Waals surface area contributed by atoms with Crippen LogP contribution in [-0.2, 0) is 16.4 Å². The van der Waals surface area contributed by atoms with E-state index in [4.69, 9.17) is 5.84 Å². The van der Waals surface area contributed by atoms with Gasteiger partial charge < -0.3 is 5.43 Å². The summed E-state index contributed by atoms with van der Waals surface area (Å²) in [6.45, 7) is 1.95. The lowest BCUT2D eigenvalue weighted by atomic mass is 10.3. The average Bonchev–Trinajstić information content (AvgIpc) is 2.52. The molecule has 8 heteroatoms. The van der Waals surface area contributed by atoms with Crippen molar-refractivity contribution in [3.63, 3.8) is 0 Å². The maximum Gasteiger partial charge on any atom is 0.158 e. The van der Waals surface area contributed by atoms with Gasteiger partial charge in [0.05, 0.1) is 29.6 Å². The average molecular weight is 271 g/mol. The molecule has 0 aliphatic carbocycles. The van der Waals surface area contributed by atoms with Crippen LogP contribution in [0.15, 0.2) is 12.4 Å². The van der Waals surface area contributed by atoms with Crippen molar-refractivity contribution in [2.24, 2.45) is 5.84 Å². The molecule has 2 rings (SSSR count). The van der Waals surface area contributed by atoms with Crippen molar-refractivity contribution >= 4 is 15.7 Å². The van der Waals surface area contributed by atoms with E-state index in [2.05, 4.69) is 20.3 Å². The molecule has 3 N–H and O–H groups in total. The topological polar surface area (TPSA) is 101 Å². The Morgan fingerprint density at radius 3 is 2.78 bits per heavy atom. The molecule has 1 aromatic rings. The normalized spacial score (nSPS) is 20.3. The minimum Gasteiger partial charge on any atom is -0.307 e. The van der Waals surface area contributed by atoms with Gasteiger partial charge >= 0.3 is 0 Å². The summed E-state index contributed by atoms with van der Waals surface area (Å²) in [6.07, 6.45) is 3.89. The zero-order valence-corrected chi connectivity index (χ0v) is 10.9. The van der Waals surface area contributed by atoms with Crippen molar-refractivity contribution in [1.29, 1.82) is 0 Å². The number of aromatic nitrogens is 2. The highest BCUT2D eigenvalue weighted by Crippen LogP contribution is 2.09. The zero-order chi connectivity index (χ0) is 13.0. The number of nitrogen functional groups attached to an aromatic ring is 1. The Balaban J connectivity index is 1.96. The zero-order valence-electron chi connectivity index (χ0n) is 10.0. The molecule has 0 unspecified atom stereocenters. The van der Waals surface area contributed by atoms with Crippen LogP contribution >= 0.6 is 0 Å². The molecule has 0 radical (unpaired) electrons. The number of nitrogens with zero attached hydrogens (tertiary/aromatic N) is 3. The number of hydrogen-bond acceptors (Lipinski definition) is 7. The summed E-state index contributed by atoms with van der Waals surface area (Å²) in [5.41, 5.74) is 3.23. The van der Waals surface area contributed by atoms with Crippen molar-refractivity contribution in [1.82, 2.24) is 14.9 Å². The van der Waals surface area contributed by atoms with Crippen molar-refractivity contribution in [3.8, 4) is 0 Å². The number of anilines is 1. The lowest BCUT2D eigenvalue weighted by Crippen LogP contribution is -2.27. The molecule has 0 aromatic carbocycles. The molecular weight excluding hydrogens is 254 g/mol. The van der Waals surface area contributed by atoms with Gasteiger partial charge in [0.25, 0.3) is 0 Å². The SMILES string of the molecule is NNc1cnc(CN2CCCS(=O)(=O)CC2)cn1. The van der Waals surface area contributed by atoms with Gasteiger partial charge in [-0.25, -0.2) is 19.2 Å². The van der Waals surface area contributed by atoms with Gasteiger partial charge in [0.15, 0.2) is 15.7 Å². The maximum absolute atomic E-state index is 11.5. The Morgan fingerprint density at radius 2 is 2.11 bits per heavy atom. The fourth-order valence-electron chi connectivity index (χ4n) is 1.89. The lowest BCUT2D eigenvalue weighted by molar-refractivity contribution is 0.283. The van der Waals surface area contributed by atoms with E-state index in [1.165, 1.54) is 0 Å². The molecule has 1 aromatic heterocycles. The van der Waals surface area contributed by atoms with Crippen LogP contribution < -0.4 is 11.3 Å². The Hall–Kier alpha value is -1.25. The smallest absolute Gasteiger partial charge is 0.158 e. The Kier molecular flexibility index (Phi) is 4.10. The van der Waals surface area contributed by atoms with E-state index in [9.17, 15) is 8.42 Å². The van der Waals surface area contributed by atoms with Gasteiger partial charge in [-0.1, -0.05) is 0 Å². The van der Waals surface area contributed by atoms with Crippen molar-refractivity contribution in [2.45, 2.75) is 13.0 Å². The molecule has 1 aliphatic heterocycles. The van der Waals surface area contributed by atoms with Crippen LogP contribution in [0.1, 0.15) is 12.1 Å². The third-order valence-electron chi connectivity index (χ3n) is 2.89. The van der Waals surface area contributed by atoms with Gasteiger partial charge in [-0.05, 0) is 13.0 Å². The minimum absolute atomic E-state index is 0.225. The van der Waals surface area contributed by atoms with E-state index in [1.807, 2.05) is 0 Å². The lowest BCUT2D eigenvalue weighted by Gasteiger charge is -2.18. The Labute approximate surface area is 106 Å². The predicted molar refractivity (Wildman–Crippen MR) is 68.4 cm³/mol. The first-order valence-corrected chi connectivity index (χ1v) is 7.61. The van der Waals surface area contributed by atoms with Crippen LogP contribution in [0.2, 0.25) is 0 Å². The molecule has 1 fully saturated rings. The highest BCUT2D eigenvalue weighted by atomic mass is 32.2. The van der Waals surface area contributed by atoms with Crippen molar-refractivity contribution in [2.75, 3.05) is 30.0 Å². The number of nitrogens with two attached hydrogens (primary N) is 1. The summed E-state index contributed by atoms with van der Waals surface area (Å²) in [5, 5.41) is 0. The van der Waals surface area contributed by atoms with Crippen molar-refractivity contribution < 1.29 is 8.42 Å². The second-order valence-electron chi connectivity index (χ2n) is 4.32. The highest BCUT2D eigenvalue weighted by molar-refractivity contribution is 7.91. The molecule has 7 nitrogen and oxygen atoms in total. The fraction of sp³-hybridized carbons (Fsp3) is 0.600. The van der Waals surface area contributed by atoms with Crippen LogP contribution in [0.5, 0.6) is 0 Å². The summed E-state index contributed by atoms with van der Waals surface area (Å²) in [4.78, 5) is 10.4. The molecule has 2 heterocycles. The van der Waals surface area contributed by atoms with E-state index >= 15 is 0 Å². The first-order chi connectivity index (χ1) is 8.59. The largest absolute Gasteiger partial charge is 0.307 e. The predicted octanol–water partition coefficient (Wildman–Crippen LogP) is -0.617. The van der Waals surface area contributed by atoms with Crippen LogP contribution in [0, 0.1) is 0 Å². The second kappa shape index (κ2) is 5.59.